The first-order chi connectivity index (χ1) is 10.5. The highest BCUT2D eigenvalue weighted by Gasteiger charge is 2.28. The third-order valence-electron chi connectivity index (χ3n) is 2.93. The van der Waals surface area contributed by atoms with E-state index in [-0.39, 0.29) is 21.7 Å². The number of nitrogens with zero attached hydrogens (tertiary/aromatic N) is 1. The van der Waals surface area contributed by atoms with Crippen molar-refractivity contribution in [3.63, 3.8) is 0 Å². The van der Waals surface area contributed by atoms with Crippen LogP contribution >= 0.6 is 15.9 Å². The molecule has 1 aromatic carbocycles. The lowest BCUT2D eigenvalue weighted by atomic mass is 10.4. The summed E-state index contributed by atoms with van der Waals surface area (Å²) in [6, 6.07) is 9.61. The highest BCUT2D eigenvalue weighted by molar-refractivity contribution is 9.10. The van der Waals surface area contributed by atoms with E-state index in [1.807, 2.05) is 0 Å². The lowest BCUT2D eigenvalue weighted by Gasteiger charge is -2.02. The number of sulfone groups is 1. The van der Waals surface area contributed by atoms with Crippen LogP contribution in [0, 0.1) is 0 Å². The second-order valence-corrected chi connectivity index (χ2v) is 7.12. The monoisotopic (exact) mass is 382 g/mol. The second-order valence-electron chi connectivity index (χ2n) is 4.34. The zero-order valence-electron chi connectivity index (χ0n) is 11.4. The molecule has 0 aliphatic rings. The zero-order valence-corrected chi connectivity index (χ0v) is 13.8. The molecule has 0 atom stereocenters. The molecule has 3 aromatic rings. The van der Waals surface area contributed by atoms with Gasteiger partial charge in [0.15, 0.2) is 5.76 Å². The van der Waals surface area contributed by atoms with Gasteiger partial charge in [-0.25, -0.2) is 8.42 Å². The summed E-state index contributed by atoms with van der Waals surface area (Å²) in [5.41, 5.74) is 0. The van der Waals surface area contributed by atoms with Crippen molar-refractivity contribution in [2.24, 2.45) is 0 Å². The number of benzene rings is 1. The molecular weight excluding hydrogens is 372 g/mol. The van der Waals surface area contributed by atoms with Gasteiger partial charge in [0, 0.05) is 11.5 Å². The summed E-state index contributed by atoms with van der Waals surface area (Å²) in [6.45, 7) is 0. The van der Waals surface area contributed by atoms with E-state index in [1.165, 1.54) is 18.4 Å². The molecule has 0 amide bonds. The first-order valence-corrected chi connectivity index (χ1v) is 8.53. The molecular formula is C14H11BrN2O4S. The van der Waals surface area contributed by atoms with Crippen LogP contribution < -0.4 is 5.32 Å². The number of hydrogen-bond donors (Lipinski definition) is 1. The lowest BCUT2D eigenvalue weighted by molar-refractivity contribution is 0.524. The maximum atomic E-state index is 12.7. The lowest BCUT2D eigenvalue weighted by Crippen LogP contribution is -2.05. The molecule has 0 radical (unpaired) electrons. The van der Waals surface area contributed by atoms with Crippen molar-refractivity contribution in [2.75, 3.05) is 12.4 Å². The SMILES string of the molecule is CNc1oc(-c2ccco2)nc1S(=O)(=O)c1ccc(Br)cc1. The average Bonchev–Trinajstić information content (AvgIpc) is 3.16. The summed E-state index contributed by atoms with van der Waals surface area (Å²) < 4.78 is 36.8. The molecule has 0 fully saturated rings. The van der Waals surface area contributed by atoms with E-state index in [1.54, 1.807) is 31.3 Å². The normalized spacial score (nSPS) is 11.5. The molecule has 0 saturated heterocycles. The molecule has 2 heterocycles. The number of rotatable bonds is 4. The standard InChI is InChI=1S/C14H11BrN2O4S/c1-16-13-14(17-12(21-13)11-3-2-8-20-11)22(18,19)10-6-4-9(15)5-7-10/h2-8,16H,1H3. The molecule has 6 nitrogen and oxygen atoms in total. The van der Waals surface area contributed by atoms with Gasteiger partial charge in [0.2, 0.25) is 20.7 Å². The Hall–Kier alpha value is -2.06. The van der Waals surface area contributed by atoms with Gasteiger partial charge in [-0.2, -0.15) is 4.98 Å². The highest BCUT2D eigenvalue weighted by atomic mass is 79.9. The van der Waals surface area contributed by atoms with E-state index in [4.69, 9.17) is 8.83 Å². The highest BCUT2D eigenvalue weighted by Crippen LogP contribution is 2.32. The van der Waals surface area contributed by atoms with E-state index >= 15 is 0 Å². The predicted octanol–water partition coefficient (Wildman–Crippen LogP) is 3.57. The van der Waals surface area contributed by atoms with Crippen LogP contribution in [-0.4, -0.2) is 20.4 Å². The van der Waals surface area contributed by atoms with Gasteiger partial charge in [-0.05, 0) is 36.4 Å². The van der Waals surface area contributed by atoms with Gasteiger partial charge >= 0.3 is 0 Å². The van der Waals surface area contributed by atoms with Crippen LogP contribution in [-0.2, 0) is 9.84 Å². The van der Waals surface area contributed by atoms with E-state index in [9.17, 15) is 8.42 Å². The van der Waals surface area contributed by atoms with Gasteiger partial charge in [0.25, 0.3) is 5.89 Å². The summed E-state index contributed by atoms with van der Waals surface area (Å²) >= 11 is 3.27. The number of halogens is 1. The molecule has 0 aliphatic carbocycles. The minimum Gasteiger partial charge on any atom is -0.459 e. The van der Waals surface area contributed by atoms with Crippen molar-refractivity contribution >= 4 is 31.7 Å². The minimum atomic E-state index is -3.80. The number of anilines is 1. The van der Waals surface area contributed by atoms with E-state index in [0.717, 1.165) is 4.47 Å². The van der Waals surface area contributed by atoms with Crippen molar-refractivity contribution in [3.05, 3.63) is 47.1 Å². The van der Waals surface area contributed by atoms with Crippen molar-refractivity contribution in [1.82, 2.24) is 4.98 Å². The van der Waals surface area contributed by atoms with Gasteiger partial charge in [-0.1, -0.05) is 15.9 Å². The minimum absolute atomic E-state index is 0.0642. The summed E-state index contributed by atoms with van der Waals surface area (Å²) in [4.78, 5) is 4.20. The molecule has 8 heteroatoms. The molecule has 0 bridgehead atoms. The maximum Gasteiger partial charge on any atom is 0.266 e. The van der Waals surface area contributed by atoms with Crippen molar-refractivity contribution < 1.29 is 17.3 Å². The van der Waals surface area contributed by atoms with Gasteiger partial charge in [0.1, 0.15) is 0 Å². The van der Waals surface area contributed by atoms with Crippen molar-refractivity contribution in [2.45, 2.75) is 9.92 Å². The third kappa shape index (κ3) is 2.55. The molecule has 3 rings (SSSR count). The molecule has 0 spiro atoms. The number of furan rings is 1. The van der Waals surface area contributed by atoms with Gasteiger partial charge < -0.3 is 14.2 Å². The Bertz CT molecular complexity index is 884. The maximum absolute atomic E-state index is 12.7. The van der Waals surface area contributed by atoms with Crippen LogP contribution in [0.25, 0.3) is 11.7 Å². The fourth-order valence-electron chi connectivity index (χ4n) is 1.88. The van der Waals surface area contributed by atoms with Gasteiger partial charge in [-0.15, -0.1) is 0 Å². The van der Waals surface area contributed by atoms with Crippen LogP contribution in [0.2, 0.25) is 0 Å². The van der Waals surface area contributed by atoms with Crippen LogP contribution in [0.4, 0.5) is 5.88 Å². The molecule has 0 unspecified atom stereocenters. The first-order valence-electron chi connectivity index (χ1n) is 6.25. The molecule has 22 heavy (non-hydrogen) atoms. The smallest absolute Gasteiger partial charge is 0.266 e. The van der Waals surface area contributed by atoms with Crippen LogP contribution in [0.1, 0.15) is 0 Å². The molecule has 0 saturated carbocycles. The Morgan fingerprint density at radius 1 is 1.18 bits per heavy atom. The van der Waals surface area contributed by atoms with Crippen LogP contribution in [0.3, 0.4) is 0 Å². The molecule has 2 aromatic heterocycles. The number of aromatic nitrogens is 1. The Labute approximate surface area is 135 Å². The quantitative estimate of drug-likeness (QED) is 0.742. The summed E-state index contributed by atoms with van der Waals surface area (Å²) in [5.74, 6) is 0.521. The van der Waals surface area contributed by atoms with E-state index < -0.39 is 9.84 Å². The second kappa shape index (κ2) is 5.62. The van der Waals surface area contributed by atoms with Gasteiger partial charge in [0.05, 0.1) is 11.2 Å². The summed E-state index contributed by atoms with van der Waals surface area (Å²) in [6.07, 6.45) is 1.46. The van der Waals surface area contributed by atoms with Crippen LogP contribution in [0.5, 0.6) is 0 Å². The Morgan fingerprint density at radius 3 is 2.50 bits per heavy atom. The molecule has 1 N–H and O–H groups in total. The number of hydrogen-bond acceptors (Lipinski definition) is 6. The first kappa shape index (κ1) is 14.9. The number of nitrogens with one attached hydrogen (secondary N) is 1. The largest absolute Gasteiger partial charge is 0.459 e. The summed E-state index contributed by atoms with van der Waals surface area (Å²) in [7, 11) is -2.24. The van der Waals surface area contributed by atoms with Crippen LogP contribution in [0.15, 0.2) is 65.9 Å². The molecule has 0 aliphatic heterocycles. The topological polar surface area (TPSA) is 85.3 Å². The third-order valence-corrected chi connectivity index (χ3v) is 5.14. The van der Waals surface area contributed by atoms with Gasteiger partial charge in [-0.3, -0.25) is 0 Å². The predicted molar refractivity (Wildman–Crippen MR) is 83.3 cm³/mol. The van der Waals surface area contributed by atoms with Crippen molar-refractivity contribution in [1.29, 1.82) is 0 Å². The summed E-state index contributed by atoms with van der Waals surface area (Å²) in [5, 5.41) is 2.53. The zero-order chi connectivity index (χ0) is 15.7. The fourth-order valence-corrected chi connectivity index (χ4v) is 3.45. The number of oxazole rings is 1. The Balaban J connectivity index is 2.12. The Kier molecular flexibility index (Phi) is 3.79. The molecule has 114 valence electrons. The van der Waals surface area contributed by atoms with E-state index in [2.05, 4.69) is 26.2 Å². The Morgan fingerprint density at radius 2 is 1.91 bits per heavy atom. The van der Waals surface area contributed by atoms with E-state index in [0.29, 0.717) is 5.76 Å². The van der Waals surface area contributed by atoms with Crippen molar-refractivity contribution in [3.8, 4) is 11.7 Å². The fraction of sp³-hybridized carbons (Fsp3) is 0.0714. The average molecular weight is 383 g/mol.